The minimum atomic E-state index is 0.153. The van der Waals surface area contributed by atoms with Gasteiger partial charge in [0.15, 0.2) is 0 Å². The van der Waals surface area contributed by atoms with Crippen molar-refractivity contribution in [3.63, 3.8) is 0 Å². The molecule has 0 bridgehead atoms. The standard InChI is InChI=1S/C18H32N2O/c1-14(2)17(21)19-10-6-16(7-11-19)18(8-9-18)20-12-4-15(3)5-13-20/h14-16H,4-13H2,1-3H3. The number of hydrogen-bond donors (Lipinski definition) is 0. The maximum atomic E-state index is 12.1. The van der Waals surface area contributed by atoms with Crippen LogP contribution in [0, 0.1) is 17.8 Å². The highest BCUT2D eigenvalue weighted by atomic mass is 16.2. The molecule has 0 spiro atoms. The summed E-state index contributed by atoms with van der Waals surface area (Å²) in [7, 11) is 0. The Hall–Kier alpha value is -0.570. The number of piperidine rings is 2. The summed E-state index contributed by atoms with van der Waals surface area (Å²) in [6, 6.07) is 0. The average Bonchev–Trinajstić information content (AvgIpc) is 3.29. The van der Waals surface area contributed by atoms with Gasteiger partial charge < -0.3 is 4.90 Å². The first-order chi connectivity index (χ1) is 10.0. The summed E-state index contributed by atoms with van der Waals surface area (Å²) in [5.74, 6) is 2.26. The van der Waals surface area contributed by atoms with Gasteiger partial charge in [-0.05, 0) is 63.5 Å². The van der Waals surface area contributed by atoms with Crippen molar-refractivity contribution in [3.05, 3.63) is 0 Å². The number of amides is 1. The molecular formula is C18H32N2O. The largest absolute Gasteiger partial charge is 0.342 e. The molecule has 0 radical (unpaired) electrons. The third-order valence-electron chi connectivity index (χ3n) is 6.24. The van der Waals surface area contributed by atoms with Gasteiger partial charge in [0.1, 0.15) is 0 Å². The Balaban J connectivity index is 1.55. The molecule has 0 N–H and O–H groups in total. The van der Waals surface area contributed by atoms with E-state index in [1.54, 1.807) is 0 Å². The fraction of sp³-hybridized carbons (Fsp3) is 0.944. The molecule has 3 heteroatoms. The smallest absolute Gasteiger partial charge is 0.225 e. The topological polar surface area (TPSA) is 23.6 Å². The van der Waals surface area contributed by atoms with E-state index < -0.39 is 0 Å². The molecule has 0 aromatic rings. The van der Waals surface area contributed by atoms with Gasteiger partial charge in [0.25, 0.3) is 0 Å². The van der Waals surface area contributed by atoms with Crippen LogP contribution in [0.5, 0.6) is 0 Å². The van der Waals surface area contributed by atoms with E-state index in [1.165, 1.54) is 51.6 Å². The van der Waals surface area contributed by atoms with Gasteiger partial charge in [0.2, 0.25) is 5.91 Å². The highest BCUT2D eigenvalue weighted by Gasteiger charge is 2.54. The molecule has 2 heterocycles. The lowest BCUT2D eigenvalue weighted by Gasteiger charge is -2.44. The van der Waals surface area contributed by atoms with E-state index in [9.17, 15) is 4.79 Å². The van der Waals surface area contributed by atoms with E-state index in [-0.39, 0.29) is 5.92 Å². The number of hydrogen-bond acceptors (Lipinski definition) is 2. The van der Waals surface area contributed by atoms with Crippen LogP contribution in [0.15, 0.2) is 0 Å². The molecule has 1 amide bonds. The predicted octanol–water partition coefficient (Wildman–Crippen LogP) is 3.15. The van der Waals surface area contributed by atoms with Crippen LogP contribution in [0.25, 0.3) is 0 Å². The first-order valence-electron chi connectivity index (χ1n) is 9.07. The van der Waals surface area contributed by atoms with Gasteiger partial charge in [-0.25, -0.2) is 0 Å². The maximum Gasteiger partial charge on any atom is 0.225 e. The van der Waals surface area contributed by atoms with E-state index in [1.807, 2.05) is 13.8 Å². The van der Waals surface area contributed by atoms with E-state index in [0.717, 1.165) is 24.9 Å². The maximum absolute atomic E-state index is 12.1. The SMILES string of the molecule is CC1CCN(C2(C3CCN(C(=O)C(C)C)CC3)CC2)CC1. The summed E-state index contributed by atoms with van der Waals surface area (Å²) >= 11 is 0. The van der Waals surface area contributed by atoms with Crippen LogP contribution in [-0.4, -0.2) is 47.4 Å². The van der Waals surface area contributed by atoms with Gasteiger partial charge in [0.05, 0.1) is 0 Å². The van der Waals surface area contributed by atoms with Crippen molar-refractivity contribution in [1.82, 2.24) is 9.80 Å². The van der Waals surface area contributed by atoms with Crippen LogP contribution in [0.3, 0.4) is 0 Å². The predicted molar refractivity (Wildman–Crippen MR) is 86.1 cm³/mol. The number of nitrogens with zero attached hydrogens (tertiary/aromatic N) is 2. The minimum absolute atomic E-state index is 0.153. The van der Waals surface area contributed by atoms with Gasteiger partial charge in [-0.2, -0.15) is 0 Å². The van der Waals surface area contributed by atoms with E-state index >= 15 is 0 Å². The van der Waals surface area contributed by atoms with Crippen LogP contribution in [0.1, 0.15) is 59.3 Å². The molecule has 0 unspecified atom stereocenters. The van der Waals surface area contributed by atoms with Gasteiger partial charge >= 0.3 is 0 Å². The minimum Gasteiger partial charge on any atom is -0.342 e. The second-order valence-electron chi connectivity index (χ2n) is 8.03. The number of carbonyl (C=O) groups is 1. The highest BCUT2D eigenvalue weighted by Crippen LogP contribution is 2.52. The van der Waals surface area contributed by atoms with E-state index in [2.05, 4.69) is 16.7 Å². The van der Waals surface area contributed by atoms with Crippen molar-refractivity contribution >= 4 is 5.91 Å². The molecule has 120 valence electrons. The second-order valence-corrected chi connectivity index (χ2v) is 8.03. The Labute approximate surface area is 130 Å². The van der Waals surface area contributed by atoms with Crippen molar-refractivity contribution in [2.24, 2.45) is 17.8 Å². The van der Waals surface area contributed by atoms with Gasteiger partial charge in [-0.3, -0.25) is 9.69 Å². The number of rotatable bonds is 3. The van der Waals surface area contributed by atoms with Crippen LogP contribution < -0.4 is 0 Å². The van der Waals surface area contributed by atoms with Gasteiger partial charge in [-0.1, -0.05) is 20.8 Å². The summed E-state index contributed by atoms with van der Waals surface area (Å²) in [4.78, 5) is 17.0. The molecule has 21 heavy (non-hydrogen) atoms. The Morgan fingerprint density at radius 2 is 1.57 bits per heavy atom. The fourth-order valence-corrected chi connectivity index (χ4v) is 4.57. The van der Waals surface area contributed by atoms with Crippen LogP contribution >= 0.6 is 0 Å². The first kappa shape index (κ1) is 15.3. The van der Waals surface area contributed by atoms with Crippen LogP contribution in [0.2, 0.25) is 0 Å². The van der Waals surface area contributed by atoms with Gasteiger partial charge in [0, 0.05) is 24.5 Å². The van der Waals surface area contributed by atoms with E-state index in [4.69, 9.17) is 0 Å². The van der Waals surface area contributed by atoms with Crippen molar-refractivity contribution < 1.29 is 4.79 Å². The summed E-state index contributed by atoms with van der Waals surface area (Å²) in [6.45, 7) is 11.0. The average molecular weight is 292 g/mol. The Bertz CT molecular complexity index is 373. The third-order valence-corrected chi connectivity index (χ3v) is 6.24. The molecule has 1 aliphatic carbocycles. The molecule has 3 fully saturated rings. The zero-order chi connectivity index (χ0) is 15.0. The third kappa shape index (κ3) is 2.99. The Morgan fingerprint density at radius 3 is 2.05 bits per heavy atom. The van der Waals surface area contributed by atoms with Crippen molar-refractivity contribution in [1.29, 1.82) is 0 Å². The lowest BCUT2D eigenvalue weighted by molar-refractivity contribution is -0.136. The molecule has 2 aliphatic heterocycles. The zero-order valence-electron chi connectivity index (χ0n) is 14.1. The van der Waals surface area contributed by atoms with Crippen molar-refractivity contribution in [3.8, 4) is 0 Å². The molecule has 0 atom stereocenters. The molecule has 2 saturated heterocycles. The Morgan fingerprint density at radius 1 is 1.00 bits per heavy atom. The molecule has 3 aliphatic rings. The van der Waals surface area contributed by atoms with Crippen molar-refractivity contribution in [2.45, 2.75) is 64.8 Å². The zero-order valence-corrected chi connectivity index (χ0v) is 14.1. The summed E-state index contributed by atoms with van der Waals surface area (Å²) < 4.78 is 0. The molecule has 3 rings (SSSR count). The molecule has 1 saturated carbocycles. The number of carbonyl (C=O) groups excluding carboxylic acids is 1. The van der Waals surface area contributed by atoms with Crippen molar-refractivity contribution in [2.75, 3.05) is 26.2 Å². The monoisotopic (exact) mass is 292 g/mol. The normalized spacial score (nSPS) is 28.1. The summed E-state index contributed by atoms with van der Waals surface area (Å²) in [5.41, 5.74) is 0.535. The summed E-state index contributed by atoms with van der Waals surface area (Å²) in [6.07, 6.45) is 8.03. The lowest BCUT2D eigenvalue weighted by atomic mass is 9.84. The Kier molecular flexibility index (Phi) is 4.31. The highest BCUT2D eigenvalue weighted by molar-refractivity contribution is 5.78. The van der Waals surface area contributed by atoms with Gasteiger partial charge in [-0.15, -0.1) is 0 Å². The quantitative estimate of drug-likeness (QED) is 0.798. The summed E-state index contributed by atoms with van der Waals surface area (Å²) in [5, 5.41) is 0. The molecule has 0 aromatic carbocycles. The lowest BCUT2D eigenvalue weighted by Crippen LogP contribution is -2.51. The van der Waals surface area contributed by atoms with Crippen LogP contribution in [0.4, 0.5) is 0 Å². The molecular weight excluding hydrogens is 260 g/mol. The first-order valence-corrected chi connectivity index (χ1v) is 9.07. The molecule has 3 nitrogen and oxygen atoms in total. The molecule has 0 aromatic heterocycles. The number of likely N-dealkylation sites (tertiary alicyclic amines) is 2. The van der Waals surface area contributed by atoms with E-state index in [0.29, 0.717) is 11.4 Å². The fourth-order valence-electron chi connectivity index (χ4n) is 4.57. The second kappa shape index (κ2) is 5.91. The van der Waals surface area contributed by atoms with Crippen LogP contribution in [-0.2, 0) is 4.79 Å².